The molecule has 0 heterocycles. The molecular formula is C14H11ClF2N2S. The molecule has 0 bridgehead atoms. The third kappa shape index (κ3) is 3.65. The molecule has 0 radical (unpaired) electrons. The van der Waals surface area contributed by atoms with Gasteiger partial charge in [0.1, 0.15) is 11.6 Å². The molecule has 2 N–H and O–H groups in total. The van der Waals surface area contributed by atoms with Crippen molar-refractivity contribution >= 4 is 40.3 Å². The van der Waals surface area contributed by atoms with Crippen molar-refractivity contribution < 1.29 is 8.78 Å². The summed E-state index contributed by atoms with van der Waals surface area (Å²) in [6.45, 7) is 1.78. The number of halogens is 3. The third-order valence-corrected chi connectivity index (χ3v) is 2.99. The van der Waals surface area contributed by atoms with Crippen molar-refractivity contribution in [2.75, 3.05) is 10.6 Å². The molecule has 0 unspecified atom stereocenters. The Morgan fingerprint density at radius 1 is 1.00 bits per heavy atom. The van der Waals surface area contributed by atoms with Crippen LogP contribution < -0.4 is 10.6 Å². The van der Waals surface area contributed by atoms with Gasteiger partial charge in [-0.3, -0.25) is 0 Å². The number of benzene rings is 2. The maximum atomic E-state index is 13.6. The van der Waals surface area contributed by atoms with E-state index in [1.165, 1.54) is 24.3 Å². The number of thiocarbonyl (C=S) groups is 1. The second-order valence-electron chi connectivity index (χ2n) is 4.19. The van der Waals surface area contributed by atoms with E-state index in [0.717, 1.165) is 5.56 Å². The molecule has 0 saturated carbocycles. The molecule has 2 nitrogen and oxygen atoms in total. The number of aryl methyl sites for hydroxylation is 1. The van der Waals surface area contributed by atoms with Crippen molar-refractivity contribution in [3.63, 3.8) is 0 Å². The van der Waals surface area contributed by atoms with Crippen molar-refractivity contribution in [1.29, 1.82) is 0 Å². The van der Waals surface area contributed by atoms with Crippen molar-refractivity contribution in [3.05, 3.63) is 58.6 Å². The Morgan fingerprint density at radius 2 is 1.70 bits per heavy atom. The average Bonchev–Trinajstić information content (AvgIpc) is 2.37. The van der Waals surface area contributed by atoms with Crippen molar-refractivity contribution in [2.24, 2.45) is 0 Å². The van der Waals surface area contributed by atoms with Gasteiger partial charge in [0.25, 0.3) is 0 Å². The third-order valence-electron chi connectivity index (χ3n) is 2.55. The fourth-order valence-electron chi connectivity index (χ4n) is 1.59. The molecule has 2 aromatic carbocycles. The maximum absolute atomic E-state index is 13.6. The van der Waals surface area contributed by atoms with Gasteiger partial charge < -0.3 is 10.6 Å². The summed E-state index contributed by atoms with van der Waals surface area (Å²) in [6.07, 6.45) is 0. The van der Waals surface area contributed by atoms with Crippen LogP contribution in [0.15, 0.2) is 36.4 Å². The molecule has 0 spiro atoms. The predicted octanol–water partition coefficient (Wildman–Crippen LogP) is 4.74. The Hall–Kier alpha value is -1.72. The summed E-state index contributed by atoms with van der Waals surface area (Å²) in [5, 5.41) is 5.75. The van der Waals surface area contributed by atoms with Crippen LogP contribution in [0.2, 0.25) is 5.02 Å². The van der Waals surface area contributed by atoms with Crippen LogP contribution in [0, 0.1) is 18.6 Å². The zero-order valence-corrected chi connectivity index (χ0v) is 12.1. The Kier molecular flexibility index (Phi) is 4.52. The van der Waals surface area contributed by atoms with Gasteiger partial charge in [0, 0.05) is 5.02 Å². The second-order valence-corrected chi connectivity index (χ2v) is 5.03. The minimum absolute atomic E-state index is 0.0777. The lowest BCUT2D eigenvalue weighted by atomic mass is 10.2. The summed E-state index contributed by atoms with van der Waals surface area (Å²) in [6, 6.07) is 8.74. The Bertz CT molecular complexity index is 662. The summed E-state index contributed by atoms with van der Waals surface area (Å²) in [5.74, 6) is -0.927. The highest BCUT2D eigenvalue weighted by molar-refractivity contribution is 7.80. The first-order valence-electron chi connectivity index (χ1n) is 5.75. The Morgan fingerprint density at radius 3 is 2.40 bits per heavy atom. The molecule has 0 aromatic heterocycles. The Labute approximate surface area is 125 Å². The topological polar surface area (TPSA) is 24.1 Å². The average molecular weight is 313 g/mol. The highest BCUT2D eigenvalue weighted by Gasteiger charge is 2.07. The highest BCUT2D eigenvalue weighted by atomic mass is 35.5. The molecule has 0 aliphatic rings. The van der Waals surface area contributed by atoms with Crippen LogP contribution in [0.25, 0.3) is 0 Å². The van der Waals surface area contributed by atoms with Gasteiger partial charge in [0.05, 0.1) is 11.4 Å². The van der Waals surface area contributed by atoms with Gasteiger partial charge in [-0.1, -0.05) is 17.7 Å². The largest absolute Gasteiger partial charge is 0.330 e. The first-order valence-corrected chi connectivity index (χ1v) is 6.53. The number of nitrogens with one attached hydrogen (secondary N) is 2. The normalized spacial score (nSPS) is 10.2. The van der Waals surface area contributed by atoms with Gasteiger partial charge in [-0.15, -0.1) is 0 Å². The van der Waals surface area contributed by atoms with Crippen molar-refractivity contribution in [2.45, 2.75) is 6.92 Å². The monoisotopic (exact) mass is 312 g/mol. The minimum Gasteiger partial charge on any atom is -0.330 e. The van der Waals surface area contributed by atoms with Crippen LogP contribution in [-0.4, -0.2) is 5.11 Å². The molecule has 0 aliphatic heterocycles. The predicted molar refractivity (Wildman–Crippen MR) is 82.4 cm³/mol. The number of hydrogen-bond donors (Lipinski definition) is 2. The van der Waals surface area contributed by atoms with E-state index in [2.05, 4.69) is 10.6 Å². The van der Waals surface area contributed by atoms with Gasteiger partial charge in [-0.25, -0.2) is 8.78 Å². The van der Waals surface area contributed by atoms with Crippen LogP contribution in [0.1, 0.15) is 5.56 Å². The zero-order chi connectivity index (χ0) is 14.7. The van der Waals surface area contributed by atoms with E-state index in [-0.39, 0.29) is 16.5 Å². The maximum Gasteiger partial charge on any atom is 0.175 e. The van der Waals surface area contributed by atoms with E-state index in [0.29, 0.717) is 5.02 Å². The standard InChI is InChI=1S/C14H11ClF2N2S/c1-8-2-5-12(11(17)6-8)18-14(20)19-13-7-9(15)3-4-10(13)16/h2-7H,1H3,(H2,18,19,20). The van der Waals surface area contributed by atoms with Gasteiger partial charge >= 0.3 is 0 Å². The summed E-state index contributed by atoms with van der Waals surface area (Å²) in [4.78, 5) is 0. The lowest BCUT2D eigenvalue weighted by molar-refractivity contribution is 0.631. The van der Waals surface area contributed by atoms with E-state index < -0.39 is 11.6 Å². The summed E-state index contributed by atoms with van der Waals surface area (Å²) in [5.41, 5.74) is 1.14. The second kappa shape index (κ2) is 6.15. The number of rotatable bonds is 2. The van der Waals surface area contributed by atoms with E-state index in [9.17, 15) is 8.78 Å². The fourth-order valence-corrected chi connectivity index (χ4v) is 1.98. The van der Waals surface area contributed by atoms with Crippen LogP contribution in [0.3, 0.4) is 0 Å². The van der Waals surface area contributed by atoms with E-state index in [1.807, 2.05) is 0 Å². The fraction of sp³-hybridized carbons (Fsp3) is 0.0714. The highest BCUT2D eigenvalue weighted by Crippen LogP contribution is 2.20. The van der Waals surface area contributed by atoms with Crippen LogP contribution in [-0.2, 0) is 0 Å². The van der Waals surface area contributed by atoms with E-state index in [4.69, 9.17) is 23.8 Å². The molecule has 0 amide bonds. The molecule has 0 saturated heterocycles. The molecule has 20 heavy (non-hydrogen) atoms. The zero-order valence-electron chi connectivity index (χ0n) is 10.5. The smallest absolute Gasteiger partial charge is 0.175 e. The Balaban J connectivity index is 2.11. The molecule has 2 aromatic rings. The van der Waals surface area contributed by atoms with Crippen LogP contribution >= 0.6 is 23.8 Å². The van der Waals surface area contributed by atoms with Crippen LogP contribution in [0.4, 0.5) is 20.2 Å². The van der Waals surface area contributed by atoms with E-state index >= 15 is 0 Å². The SMILES string of the molecule is Cc1ccc(NC(=S)Nc2cc(Cl)ccc2F)c(F)c1. The molecule has 104 valence electrons. The van der Waals surface area contributed by atoms with Gasteiger partial charge in [-0.05, 0) is 55.0 Å². The van der Waals surface area contributed by atoms with Crippen molar-refractivity contribution in [1.82, 2.24) is 0 Å². The molecule has 6 heteroatoms. The van der Waals surface area contributed by atoms with Gasteiger partial charge in [0.2, 0.25) is 0 Å². The molecule has 0 fully saturated rings. The van der Waals surface area contributed by atoms with Gasteiger partial charge in [-0.2, -0.15) is 0 Å². The lowest BCUT2D eigenvalue weighted by Crippen LogP contribution is -2.20. The summed E-state index contributed by atoms with van der Waals surface area (Å²) >= 11 is 10.8. The summed E-state index contributed by atoms with van der Waals surface area (Å²) < 4.78 is 27.2. The molecular weight excluding hydrogens is 302 g/mol. The lowest BCUT2D eigenvalue weighted by Gasteiger charge is -2.12. The first kappa shape index (κ1) is 14.7. The molecule has 2 rings (SSSR count). The quantitative estimate of drug-likeness (QED) is 0.784. The minimum atomic E-state index is -0.497. The van der Waals surface area contributed by atoms with Crippen molar-refractivity contribution in [3.8, 4) is 0 Å². The molecule has 0 atom stereocenters. The van der Waals surface area contributed by atoms with E-state index in [1.54, 1.807) is 19.1 Å². The number of hydrogen-bond acceptors (Lipinski definition) is 1. The first-order chi connectivity index (χ1) is 9.45. The summed E-state index contributed by atoms with van der Waals surface area (Å²) in [7, 11) is 0. The number of anilines is 2. The van der Waals surface area contributed by atoms with Crippen LogP contribution in [0.5, 0.6) is 0 Å². The van der Waals surface area contributed by atoms with Gasteiger partial charge in [0.15, 0.2) is 5.11 Å². The molecule has 0 aliphatic carbocycles.